The molecule has 74 heavy (non-hydrogen) atoms. The van der Waals surface area contributed by atoms with Crippen LogP contribution in [-0.2, 0) is 40.5 Å². The first-order chi connectivity index (χ1) is 34.9. The van der Waals surface area contributed by atoms with Gasteiger partial charge in [0.05, 0.1) is 24.7 Å². The van der Waals surface area contributed by atoms with Crippen LogP contribution in [0, 0.1) is 23.7 Å². The van der Waals surface area contributed by atoms with Crippen LogP contribution in [0.25, 0.3) is 12.2 Å². The summed E-state index contributed by atoms with van der Waals surface area (Å²) in [6.07, 6.45) is 6.91. The summed E-state index contributed by atoms with van der Waals surface area (Å²) in [5.74, 6) is -1.58. The fourth-order valence-corrected chi connectivity index (χ4v) is 10.8. The van der Waals surface area contributed by atoms with Gasteiger partial charge in [-0.2, -0.15) is 63.6 Å². The van der Waals surface area contributed by atoms with Gasteiger partial charge in [-0.15, -0.1) is 0 Å². The van der Waals surface area contributed by atoms with E-state index >= 15 is 0 Å². The molecule has 4 unspecified atom stereocenters. The summed E-state index contributed by atoms with van der Waals surface area (Å²) in [6, 6.07) is 7.30. The van der Waals surface area contributed by atoms with Crippen LogP contribution in [0.1, 0.15) is 49.7 Å². The molecular formula is C42H60N12O16S4. The molecule has 12 N–H and O–H groups in total. The van der Waals surface area contributed by atoms with Gasteiger partial charge < -0.3 is 51.5 Å². The number of nitrogens with one attached hydrogen (secondary N) is 4. The fraction of sp³-hybridized carbons (Fsp3) is 0.524. The Balaban J connectivity index is 1.29. The van der Waals surface area contributed by atoms with Gasteiger partial charge in [0.25, 0.3) is 40.5 Å². The number of aliphatic hydroxyl groups is 4. The molecule has 4 aromatic rings. The lowest BCUT2D eigenvalue weighted by molar-refractivity contribution is 0.226. The lowest BCUT2D eigenvalue weighted by atomic mass is 10.1. The SMILES string of the molecule is O=S(=O)(O)CCNc1nc(Nc2ccc(C=Cc3ccc(Nc4nc(NCCS(=O)(=O)O)nc(N(CCO)CC5CCC(CO)C5)n4)cc3S(=O)(=O)O)c(S(=O)(=O)O)c2)nc(N(CCO)CC2CCC(CO)C2)n1. The van der Waals surface area contributed by atoms with Crippen LogP contribution >= 0.6 is 0 Å². The normalized spacial score (nSPS) is 18.4. The number of hydrogen-bond acceptors (Lipinski definition) is 24. The van der Waals surface area contributed by atoms with E-state index in [-0.39, 0.29) is 134 Å². The predicted octanol–water partition coefficient (Wildman–Crippen LogP) is 1.22. The summed E-state index contributed by atoms with van der Waals surface area (Å²) in [5.41, 5.74) is -0.291. The molecule has 2 aliphatic rings. The molecule has 2 aliphatic carbocycles. The van der Waals surface area contributed by atoms with Crippen molar-refractivity contribution in [2.24, 2.45) is 23.7 Å². The monoisotopic (exact) mass is 1120 g/mol. The van der Waals surface area contributed by atoms with Gasteiger partial charge in [0.2, 0.25) is 35.7 Å². The molecule has 0 amide bonds. The maximum atomic E-state index is 12.8. The van der Waals surface area contributed by atoms with Crippen LogP contribution in [0.15, 0.2) is 46.2 Å². The number of hydrogen-bond donors (Lipinski definition) is 12. The molecule has 0 saturated heterocycles. The molecule has 0 bridgehead atoms. The highest BCUT2D eigenvalue weighted by molar-refractivity contribution is 7.86. The summed E-state index contributed by atoms with van der Waals surface area (Å²) in [5, 5.41) is 50.3. The van der Waals surface area contributed by atoms with Crippen LogP contribution in [-0.4, -0.2) is 179 Å². The van der Waals surface area contributed by atoms with Gasteiger partial charge >= 0.3 is 0 Å². The van der Waals surface area contributed by atoms with Crippen LogP contribution in [0.4, 0.5) is 47.1 Å². The Morgan fingerprint density at radius 3 is 1.20 bits per heavy atom. The van der Waals surface area contributed by atoms with Crippen molar-refractivity contribution >= 4 is 99.7 Å². The van der Waals surface area contributed by atoms with Crippen LogP contribution < -0.4 is 31.1 Å². The molecule has 2 saturated carbocycles. The van der Waals surface area contributed by atoms with Gasteiger partial charge in [0.15, 0.2) is 0 Å². The zero-order chi connectivity index (χ0) is 53.8. The van der Waals surface area contributed by atoms with Crippen molar-refractivity contribution in [3.8, 4) is 0 Å². The second-order valence-corrected chi connectivity index (χ2v) is 23.7. The first-order valence-corrected chi connectivity index (χ1v) is 29.3. The molecule has 0 radical (unpaired) electrons. The standard InChI is InChI=1S/C42H60N12O16S4/c55-15-13-53(23-27-1-3-29(19-27)25-57)41-49-37(43-11-17-71(59,60)61)47-39(51-41)45-33-9-7-31(35(21-33)73(65,66)67)5-6-32-8-10-34(22-36(32)74(68,69)70)46-40-48-38(44-12-18-72(62,63)64)50-42(52-40)54(14-16-56)24-28-2-4-30(20-28)26-58/h5-10,21-22,27-30,55-58H,1-4,11-20,23-26H2,(H,59,60,61)(H,62,63,64)(H,65,66,67)(H,68,69,70)(H2,43,45,47,49,51)(H2,44,46,48,50,52). The molecule has 2 aromatic heterocycles. The lowest BCUT2D eigenvalue weighted by Crippen LogP contribution is -2.33. The van der Waals surface area contributed by atoms with E-state index in [0.29, 0.717) is 25.9 Å². The Morgan fingerprint density at radius 2 is 0.878 bits per heavy atom. The van der Waals surface area contributed by atoms with Crippen LogP contribution in [0.5, 0.6) is 0 Å². The molecule has 2 heterocycles. The van der Waals surface area contributed by atoms with Crippen molar-refractivity contribution in [1.82, 2.24) is 29.9 Å². The average Bonchev–Trinajstić information content (AvgIpc) is 3.99. The molecule has 32 heteroatoms. The highest BCUT2D eigenvalue weighted by Gasteiger charge is 2.29. The number of anilines is 8. The van der Waals surface area contributed by atoms with E-state index in [1.165, 1.54) is 24.3 Å². The number of aliphatic hydroxyl groups excluding tert-OH is 4. The van der Waals surface area contributed by atoms with E-state index in [1.54, 1.807) is 9.80 Å². The van der Waals surface area contributed by atoms with Gasteiger partial charge in [-0.05, 0) is 97.6 Å². The van der Waals surface area contributed by atoms with E-state index in [1.807, 2.05) is 0 Å². The number of nitrogens with zero attached hydrogens (tertiary/aromatic N) is 8. The van der Waals surface area contributed by atoms with Crippen molar-refractivity contribution in [3.63, 3.8) is 0 Å². The molecule has 28 nitrogen and oxygen atoms in total. The Kier molecular flexibility index (Phi) is 19.8. The second kappa shape index (κ2) is 25.3. The van der Waals surface area contributed by atoms with E-state index in [4.69, 9.17) is 0 Å². The Morgan fingerprint density at radius 1 is 0.514 bits per heavy atom. The van der Waals surface area contributed by atoms with Crippen LogP contribution in [0.3, 0.4) is 0 Å². The van der Waals surface area contributed by atoms with Crippen molar-refractivity contribution < 1.29 is 72.3 Å². The topological polar surface area (TPSA) is 430 Å². The minimum atomic E-state index is -5.02. The van der Waals surface area contributed by atoms with E-state index < -0.39 is 61.8 Å². The molecule has 6 rings (SSSR count). The summed E-state index contributed by atoms with van der Waals surface area (Å²) < 4.78 is 136. The maximum Gasteiger partial charge on any atom is 0.295 e. The van der Waals surface area contributed by atoms with Gasteiger partial charge in [-0.1, -0.05) is 24.3 Å². The summed E-state index contributed by atoms with van der Waals surface area (Å²) in [4.78, 5) is 28.2. The minimum absolute atomic E-state index is 0.00628. The zero-order valence-electron chi connectivity index (χ0n) is 39.7. The zero-order valence-corrected chi connectivity index (χ0v) is 43.0. The first-order valence-electron chi connectivity index (χ1n) is 23.2. The number of rotatable bonds is 28. The van der Waals surface area contributed by atoms with E-state index in [0.717, 1.165) is 50.0 Å². The quantitative estimate of drug-likeness (QED) is 0.0281. The molecule has 2 aromatic carbocycles. The molecule has 408 valence electrons. The number of benzene rings is 2. The van der Waals surface area contributed by atoms with E-state index in [9.17, 15) is 72.3 Å². The summed E-state index contributed by atoms with van der Waals surface area (Å²) >= 11 is 0. The van der Waals surface area contributed by atoms with Crippen molar-refractivity contribution in [2.45, 2.75) is 48.3 Å². The maximum absolute atomic E-state index is 12.8. The Labute approximate surface area is 427 Å². The Bertz CT molecular complexity index is 2870. The molecule has 2 fully saturated rings. The van der Waals surface area contributed by atoms with Gasteiger partial charge in [-0.3, -0.25) is 18.2 Å². The molecular weight excluding hydrogens is 1060 g/mol. The van der Waals surface area contributed by atoms with Crippen molar-refractivity contribution in [2.75, 3.05) is 108 Å². The van der Waals surface area contributed by atoms with Gasteiger partial charge in [0, 0.05) is 63.9 Å². The third-order valence-electron chi connectivity index (χ3n) is 12.1. The predicted molar refractivity (Wildman–Crippen MR) is 272 cm³/mol. The molecule has 4 atom stereocenters. The third kappa shape index (κ3) is 17.5. The molecule has 0 spiro atoms. The highest BCUT2D eigenvalue weighted by atomic mass is 32.2. The van der Waals surface area contributed by atoms with Crippen molar-refractivity contribution in [1.29, 1.82) is 0 Å². The Hall–Kier alpha value is -5.52. The second-order valence-electron chi connectivity index (χ2n) is 17.8. The van der Waals surface area contributed by atoms with E-state index in [2.05, 4.69) is 51.2 Å². The smallest absolute Gasteiger partial charge is 0.295 e. The average molecular weight is 1120 g/mol. The fourth-order valence-electron chi connectivity index (χ4n) is 8.68. The van der Waals surface area contributed by atoms with Gasteiger partial charge in [0.1, 0.15) is 9.79 Å². The third-order valence-corrected chi connectivity index (χ3v) is 15.4. The lowest BCUT2D eigenvalue weighted by Gasteiger charge is -2.26. The first kappa shape index (κ1) is 57.8. The minimum Gasteiger partial charge on any atom is -0.396 e. The van der Waals surface area contributed by atoms with Crippen LogP contribution in [0.2, 0.25) is 0 Å². The van der Waals surface area contributed by atoms with Crippen molar-refractivity contribution in [3.05, 3.63) is 47.5 Å². The van der Waals surface area contributed by atoms with Gasteiger partial charge in [-0.25, -0.2) is 0 Å². The number of aromatic nitrogens is 6. The summed E-state index contributed by atoms with van der Waals surface area (Å²) in [6.45, 7) is -0.309. The largest absolute Gasteiger partial charge is 0.396 e. The highest BCUT2D eigenvalue weighted by Crippen LogP contribution is 2.34. The summed E-state index contributed by atoms with van der Waals surface area (Å²) in [7, 11) is -18.8. The molecule has 0 aliphatic heterocycles.